The van der Waals surface area contributed by atoms with Crippen molar-refractivity contribution in [3.63, 3.8) is 0 Å². The molecule has 0 atom stereocenters. The first-order valence-corrected chi connectivity index (χ1v) is 7.30. The molecule has 0 radical (unpaired) electrons. The number of anilines is 1. The third-order valence-electron chi connectivity index (χ3n) is 3.62. The molecule has 2 aromatic heterocycles. The van der Waals surface area contributed by atoms with Gasteiger partial charge < -0.3 is 10.1 Å². The van der Waals surface area contributed by atoms with Crippen molar-refractivity contribution in [2.24, 2.45) is 5.41 Å². The molecule has 1 N–H and O–H groups in total. The summed E-state index contributed by atoms with van der Waals surface area (Å²) >= 11 is 0. The lowest BCUT2D eigenvalue weighted by Crippen LogP contribution is -2.43. The number of ether oxygens (including phenoxy) is 1. The van der Waals surface area contributed by atoms with E-state index in [0.29, 0.717) is 31.3 Å². The number of hydrogen-bond acceptors (Lipinski definition) is 5. The fourth-order valence-corrected chi connectivity index (χ4v) is 2.42. The lowest BCUT2D eigenvalue weighted by atomic mass is 9.89. The molecule has 1 fully saturated rings. The van der Waals surface area contributed by atoms with Crippen molar-refractivity contribution in [2.45, 2.75) is 33.4 Å². The molecular weight excluding hydrogens is 284 g/mol. The van der Waals surface area contributed by atoms with Gasteiger partial charge in [-0.05, 0) is 13.8 Å². The molecule has 0 saturated carbocycles. The van der Waals surface area contributed by atoms with E-state index in [-0.39, 0.29) is 17.4 Å². The van der Waals surface area contributed by atoms with E-state index < -0.39 is 0 Å². The van der Waals surface area contributed by atoms with E-state index in [1.54, 1.807) is 27.8 Å². The Morgan fingerprint density at radius 2 is 2.27 bits per heavy atom. The predicted molar refractivity (Wildman–Crippen MR) is 79.5 cm³/mol. The van der Waals surface area contributed by atoms with Crippen LogP contribution in [0.2, 0.25) is 0 Å². The minimum atomic E-state index is -0.288. The van der Waals surface area contributed by atoms with Gasteiger partial charge in [-0.3, -0.25) is 9.48 Å². The van der Waals surface area contributed by atoms with Crippen LogP contribution < -0.4 is 5.32 Å². The smallest absolute Gasteiger partial charge is 0.278 e. The second-order valence-electron chi connectivity index (χ2n) is 6.31. The molecule has 22 heavy (non-hydrogen) atoms. The van der Waals surface area contributed by atoms with E-state index >= 15 is 0 Å². The Balaban J connectivity index is 1.67. The maximum Gasteiger partial charge on any atom is 0.278 e. The summed E-state index contributed by atoms with van der Waals surface area (Å²) in [4.78, 5) is 12.3. The van der Waals surface area contributed by atoms with Gasteiger partial charge in [-0.1, -0.05) is 12.1 Å². The number of hydrogen-bond donors (Lipinski definition) is 1. The predicted octanol–water partition coefficient (Wildman–Crippen LogP) is 1.34. The van der Waals surface area contributed by atoms with Crippen molar-refractivity contribution < 1.29 is 9.53 Å². The van der Waals surface area contributed by atoms with Crippen molar-refractivity contribution in [1.29, 1.82) is 0 Å². The molecule has 1 amide bonds. The highest BCUT2D eigenvalue weighted by atomic mass is 16.5. The van der Waals surface area contributed by atoms with E-state index in [0.717, 1.165) is 0 Å². The van der Waals surface area contributed by atoms with Crippen molar-refractivity contribution >= 4 is 11.7 Å². The van der Waals surface area contributed by atoms with Gasteiger partial charge in [0, 0.05) is 17.5 Å². The first kappa shape index (κ1) is 14.7. The molecule has 2 aromatic rings. The molecule has 0 bridgehead atoms. The number of carbonyl (C=O) groups is 1. The van der Waals surface area contributed by atoms with Gasteiger partial charge in [-0.25, -0.2) is 4.68 Å². The Bertz CT molecular complexity index is 670. The first-order valence-electron chi connectivity index (χ1n) is 7.30. The SMILES string of the molecule is CC(C)n1nccc1NC(=O)c1cn(CC2(C)COC2)nn1. The number of amides is 1. The fourth-order valence-electron chi connectivity index (χ4n) is 2.42. The van der Waals surface area contributed by atoms with Gasteiger partial charge in [0.05, 0.1) is 32.2 Å². The Labute approximate surface area is 128 Å². The minimum absolute atomic E-state index is 0.0811. The minimum Gasteiger partial charge on any atom is -0.380 e. The molecule has 1 aliphatic rings. The van der Waals surface area contributed by atoms with Gasteiger partial charge >= 0.3 is 0 Å². The summed E-state index contributed by atoms with van der Waals surface area (Å²) in [5, 5.41) is 15.0. The van der Waals surface area contributed by atoms with Gasteiger partial charge in [-0.15, -0.1) is 5.10 Å². The maximum atomic E-state index is 12.3. The summed E-state index contributed by atoms with van der Waals surface area (Å²) < 4.78 is 8.66. The monoisotopic (exact) mass is 304 g/mol. The third-order valence-corrected chi connectivity index (χ3v) is 3.62. The number of carbonyl (C=O) groups excluding carboxylic acids is 1. The van der Waals surface area contributed by atoms with Crippen LogP contribution in [-0.4, -0.2) is 43.9 Å². The van der Waals surface area contributed by atoms with E-state index in [2.05, 4.69) is 27.7 Å². The molecule has 1 saturated heterocycles. The largest absolute Gasteiger partial charge is 0.380 e. The summed E-state index contributed by atoms with van der Waals surface area (Å²) in [7, 11) is 0. The molecule has 3 rings (SSSR count). The van der Waals surface area contributed by atoms with Crippen molar-refractivity contribution in [2.75, 3.05) is 18.5 Å². The first-order chi connectivity index (χ1) is 10.5. The maximum absolute atomic E-state index is 12.3. The summed E-state index contributed by atoms with van der Waals surface area (Å²) in [6, 6.07) is 1.93. The topological polar surface area (TPSA) is 86.9 Å². The zero-order valence-corrected chi connectivity index (χ0v) is 13.0. The number of rotatable bonds is 5. The van der Waals surface area contributed by atoms with E-state index in [9.17, 15) is 4.79 Å². The molecule has 3 heterocycles. The molecule has 8 nitrogen and oxygen atoms in total. The van der Waals surface area contributed by atoms with E-state index in [1.165, 1.54) is 0 Å². The van der Waals surface area contributed by atoms with Gasteiger partial charge in [0.2, 0.25) is 0 Å². The standard InChI is InChI=1S/C14H20N6O2/c1-10(2)20-12(4-5-15-20)16-13(21)11-6-19(18-17-11)7-14(3)8-22-9-14/h4-6,10H,7-9H2,1-3H3,(H,16,21). The summed E-state index contributed by atoms with van der Waals surface area (Å²) in [6.45, 7) is 8.24. The molecule has 8 heteroatoms. The molecule has 1 aliphatic heterocycles. The van der Waals surface area contributed by atoms with Gasteiger partial charge in [0.1, 0.15) is 5.82 Å². The van der Waals surface area contributed by atoms with Crippen LogP contribution in [-0.2, 0) is 11.3 Å². The highest BCUT2D eigenvalue weighted by Gasteiger charge is 2.34. The van der Waals surface area contributed by atoms with Gasteiger partial charge in [0.25, 0.3) is 5.91 Å². The van der Waals surface area contributed by atoms with Crippen LogP contribution in [0, 0.1) is 5.41 Å². The molecule has 0 spiro atoms. The lowest BCUT2D eigenvalue weighted by Gasteiger charge is -2.37. The summed E-state index contributed by atoms with van der Waals surface area (Å²) in [5.41, 5.74) is 0.373. The second kappa shape index (κ2) is 5.53. The second-order valence-corrected chi connectivity index (χ2v) is 6.31. The van der Waals surface area contributed by atoms with Crippen LogP contribution in [0.25, 0.3) is 0 Å². The lowest BCUT2D eigenvalue weighted by molar-refractivity contribution is -0.111. The van der Waals surface area contributed by atoms with Crippen LogP contribution in [0.3, 0.4) is 0 Å². The number of nitrogens with zero attached hydrogens (tertiary/aromatic N) is 5. The van der Waals surface area contributed by atoms with Crippen molar-refractivity contribution in [3.8, 4) is 0 Å². The third kappa shape index (κ3) is 2.87. The van der Waals surface area contributed by atoms with Gasteiger partial charge in [-0.2, -0.15) is 5.10 Å². The zero-order valence-electron chi connectivity index (χ0n) is 13.0. The summed E-state index contributed by atoms with van der Waals surface area (Å²) in [5.74, 6) is 0.359. The Hall–Kier alpha value is -2.22. The zero-order chi connectivity index (χ0) is 15.7. The Kier molecular flexibility index (Phi) is 3.69. The van der Waals surface area contributed by atoms with E-state index in [4.69, 9.17) is 4.74 Å². The van der Waals surface area contributed by atoms with Crippen LogP contribution in [0.4, 0.5) is 5.82 Å². The number of nitrogens with one attached hydrogen (secondary N) is 1. The quantitative estimate of drug-likeness (QED) is 0.901. The highest BCUT2D eigenvalue weighted by molar-refractivity contribution is 6.02. The van der Waals surface area contributed by atoms with Crippen LogP contribution >= 0.6 is 0 Å². The van der Waals surface area contributed by atoms with Crippen LogP contribution in [0.5, 0.6) is 0 Å². The number of aromatic nitrogens is 5. The molecule has 0 aromatic carbocycles. The molecule has 118 valence electrons. The Morgan fingerprint density at radius 1 is 1.50 bits per heavy atom. The molecule has 0 unspecified atom stereocenters. The van der Waals surface area contributed by atoms with Crippen molar-refractivity contribution in [3.05, 3.63) is 24.2 Å². The summed E-state index contributed by atoms with van der Waals surface area (Å²) in [6.07, 6.45) is 3.32. The highest BCUT2D eigenvalue weighted by Crippen LogP contribution is 2.28. The van der Waals surface area contributed by atoms with E-state index in [1.807, 2.05) is 13.8 Å². The van der Waals surface area contributed by atoms with Gasteiger partial charge in [0.15, 0.2) is 5.69 Å². The average molecular weight is 304 g/mol. The van der Waals surface area contributed by atoms with Crippen molar-refractivity contribution in [1.82, 2.24) is 24.8 Å². The normalized spacial score (nSPS) is 16.5. The Morgan fingerprint density at radius 3 is 2.91 bits per heavy atom. The molecule has 0 aliphatic carbocycles. The molecular formula is C14H20N6O2. The van der Waals surface area contributed by atoms with Crippen LogP contribution in [0.1, 0.15) is 37.3 Å². The fraction of sp³-hybridized carbons (Fsp3) is 0.571. The van der Waals surface area contributed by atoms with Crippen LogP contribution in [0.15, 0.2) is 18.5 Å². The average Bonchev–Trinajstić information content (AvgIpc) is 3.05.